The molecule has 1 aliphatic heterocycles. The van der Waals surface area contributed by atoms with Gasteiger partial charge in [0.25, 0.3) is 0 Å². The fraction of sp³-hybridized carbons (Fsp3) is 0.655. The summed E-state index contributed by atoms with van der Waals surface area (Å²) in [6.45, 7) is 3.91. The number of likely N-dealkylation sites (N-methyl/N-ethyl adjacent to an activating group) is 1. The van der Waals surface area contributed by atoms with Gasteiger partial charge < -0.3 is 20.0 Å². The summed E-state index contributed by atoms with van der Waals surface area (Å²) >= 11 is 0. The van der Waals surface area contributed by atoms with Crippen LogP contribution in [0.5, 0.6) is 0 Å². The summed E-state index contributed by atoms with van der Waals surface area (Å²) < 4.78 is 0. The van der Waals surface area contributed by atoms with Gasteiger partial charge in [-0.3, -0.25) is 9.59 Å². The molecule has 1 aromatic heterocycles. The topological polar surface area (TPSA) is 81.7 Å². The third-order valence-corrected chi connectivity index (χ3v) is 8.89. The Kier molecular flexibility index (Phi) is 7.54. The van der Waals surface area contributed by atoms with E-state index in [2.05, 4.69) is 33.2 Å². The third-order valence-electron chi connectivity index (χ3n) is 8.89. The summed E-state index contributed by atoms with van der Waals surface area (Å²) in [7, 11) is 5.86. The standard InChI is InChI=1S/C29H42N6O2/c1-19-17-21-9-10-25(31-27(36)20-7-5-6-8-20)24(21)18-23(19)28(37)34(4)22-12-15-35(16-13-22)26-11-14-30-29(32-26)33(2)3/h11,14,18-20,22,25H,5-10,12-13,15-17H2,1-4H3,(H,31,36)/t19?,25-/m1/s1. The molecule has 0 spiro atoms. The van der Waals surface area contributed by atoms with Gasteiger partial charge in [0, 0.05) is 58.0 Å². The molecule has 2 fully saturated rings. The first-order valence-electron chi connectivity index (χ1n) is 14.1. The molecule has 0 radical (unpaired) electrons. The van der Waals surface area contributed by atoms with Crippen LogP contribution in [0.15, 0.2) is 35.1 Å². The molecule has 3 aliphatic carbocycles. The van der Waals surface area contributed by atoms with Crippen LogP contribution in [0.4, 0.5) is 11.8 Å². The lowest BCUT2D eigenvalue weighted by atomic mass is 9.84. The number of hydrogen-bond donors (Lipinski definition) is 1. The normalized spacial score (nSPS) is 24.6. The maximum Gasteiger partial charge on any atom is 0.250 e. The molecular formula is C29H42N6O2. The van der Waals surface area contributed by atoms with Crippen molar-refractivity contribution in [3.63, 3.8) is 0 Å². The van der Waals surface area contributed by atoms with E-state index in [-0.39, 0.29) is 35.7 Å². The Labute approximate surface area is 221 Å². The molecule has 200 valence electrons. The van der Waals surface area contributed by atoms with Gasteiger partial charge in [-0.05, 0) is 68.6 Å². The van der Waals surface area contributed by atoms with Crippen molar-refractivity contribution in [3.05, 3.63) is 35.1 Å². The van der Waals surface area contributed by atoms with Crippen molar-refractivity contribution in [2.24, 2.45) is 11.8 Å². The number of nitrogens with zero attached hydrogens (tertiary/aromatic N) is 5. The molecule has 8 nitrogen and oxygen atoms in total. The molecule has 2 atom stereocenters. The number of carbonyl (C=O) groups excluding carboxylic acids is 2. The highest BCUT2D eigenvalue weighted by molar-refractivity contribution is 5.95. The summed E-state index contributed by atoms with van der Waals surface area (Å²) in [6.07, 6.45) is 13.0. The zero-order chi connectivity index (χ0) is 26.1. The molecule has 1 unspecified atom stereocenters. The summed E-state index contributed by atoms with van der Waals surface area (Å²) in [5.74, 6) is 2.39. The van der Waals surface area contributed by atoms with E-state index in [0.717, 1.165) is 82.3 Å². The van der Waals surface area contributed by atoms with Gasteiger partial charge in [0.2, 0.25) is 17.8 Å². The van der Waals surface area contributed by atoms with E-state index >= 15 is 0 Å². The van der Waals surface area contributed by atoms with Crippen LogP contribution in [-0.2, 0) is 9.59 Å². The predicted molar refractivity (Wildman–Crippen MR) is 146 cm³/mol. The monoisotopic (exact) mass is 506 g/mol. The highest BCUT2D eigenvalue weighted by Crippen LogP contribution is 2.40. The molecule has 2 amide bonds. The van der Waals surface area contributed by atoms with Crippen molar-refractivity contribution < 1.29 is 9.59 Å². The van der Waals surface area contributed by atoms with Crippen LogP contribution in [0.1, 0.15) is 64.7 Å². The number of nitrogens with one attached hydrogen (secondary N) is 1. The highest BCUT2D eigenvalue weighted by atomic mass is 16.2. The Morgan fingerprint density at radius 1 is 1.05 bits per heavy atom. The minimum Gasteiger partial charge on any atom is -0.356 e. The van der Waals surface area contributed by atoms with Crippen LogP contribution >= 0.6 is 0 Å². The molecule has 0 bridgehead atoms. The lowest BCUT2D eigenvalue weighted by molar-refractivity contribution is -0.128. The third kappa shape index (κ3) is 5.39. The Balaban J connectivity index is 1.22. The van der Waals surface area contributed by atoms with E-state index in [9.17, 15) is 9.59 Å². The molecular weight excluding hydrogens is 464 g/mol. The van der Waals surface area contributed by atoms with Gasteiger partial charge in [-0.15, -0.1) is 0 Å². The fourth-order valence-electron chi connectivity index (χ4n) is 6.56. The first kappa shape index (κ1) is 25.7. The molecule has 5 rings (SSSR count). The van der Waals surface area contributed by atoms with Gasteiger partial charge in [-0.25, -0.2) is 4.98 Å². The molecule has 1 saturated heterocycles. The number of piperidine rings is 1. The van der Waals surface area contributed by atoms with Gasteiger partial charge in [-0.1, -0.05) is 25.3 Å². The quantitative estimate of drug-likeness (QED) is 0.634. The molecule has 37 heavy (non-hydrogen) atoms. The maximum absolute atomic E-state index is 13.7. The van der Waals surface area contributed by atoms with Gasteiger partial charge in [0.1, 0.15) is 5.82 Å². The minimum atomic E-state index is 0.0619. The number of carbonyl (C=O) groups is 2. The van der Waals surface area contributed by atoms with E-state index in [1.165, 1.54) is 11.1 Å². The van der Waals surface area contributed by atoms with Crippen LogP contribution in [0.3, 0.4) is 0 Å². The Bertz CT molecular complexity index is 1080. The first-order valence-corrected chi connectivity index (χ1v) is 14.1. The first-order chi connectivity index (χ1) is 17.8. The number of allylic oxidation sites excluding steroid dienone is 1. The van der Waals surface area contributed by atoms with Crippen molar-refractivity contribution >= 4 is 23.6 Å². The second-order valence-corrected chi connectivity index (χ2v) is 11.6. The molecule has 1 aromatic rings. The largest absolute Gasteiger partial charge is 0.356 e. The van der Waals surface area contributed by atoms with Crippen LogP contribution in [-0.4, -0.2) is 73.0 Å². The SMILES string of the molecule is CC1CC2=C(C=C1C(=O)N(C)C1CCN(c3ccnc(N(C)C)n3)CC1)[C@H](NC(=O)C1CCCC1)CC2. The van der Waals surface area contributed by atoms with E-state index in [1.54, 1.807) is 0 Å². The fourth-order valence-corrected chi connectivity index (χ4v) is 6.56. The Morgan fingerprint density at radius 3 is 2.49 bits per heavy atom. The number of anilines is 2. The summed E-state index contributed by atoms with van der Waals surface area (Å²) in [6, 6.07) is 2.24. The van der Waals surface area contributed by atoms with Crippen molar-refractivity contribution in [2.45, 2.75) is 76.8 Å². The lowest BCUT2D eigenvalue weighted by Gasteiger charge is -2.38. The average molecular weight is 507 g/mol. The smallest absolute Gasteiger partial charge is 0.250 e. The Hall–Kier alpha value is -2.90. The maximum atomic E-state index is 13.7. The molecule has 1 saturated carbocycles. The molecule has 8 heteroatoms. The van der Waals surface area contributed by atoms with E-state index in [0.29, 0.717) is 5.95 Å². The zero-order valence-electron chi connectivity index (χ0n) is 22.9. The molecule has 1 N–H and O–H groups in total. The second-order valence-electron chi connectivity index (χ2n) is 11.6. The van der Waals surface area contributed by atoms with Gasteiger partial charge in [-0.2, -0.15) is 4.98 Å². The van der Waals surface area contributed by atoms with Crippen LogP contribution in [0.25, 0.3) is 0 Å². The number of amides is 2. The van der Waals surface area contributed by atoms with Gasteiger partial charge in [0.05, 0.1) is 6.04 Å². The van der Waals surface area contributed by atoms with Crippen LogP contribution in [0, 0.1) is 11.8 Å². The van der Waals surface area contributed by atoms with Crippen LogP contribution < -0.4 is 15.1 Å². The van der Waals surface area contributed by atoms with Gasteiger partial charge in [0.15, 0.2) is 0 Å². The predicted octanol–water partition coefficient (Wildman–Crippen LogP) is 3.70. The molecule has 0 aromatic carbocycles. The Morgan fingerprint density at radius 2 is 1.78 bits per heavy atom. The molecule has 2 heterocycles. The number of rotatable bonds is 6. The number of aromatic nitrogens is 2. The summed E-state index contributed by atoms with van der Waals surface area (Å²) in [5, 5.41) is 3.33. The van der Waals surface area contributed by atoms with Gasteiger partial charge >= 0.3 is 0 Å². The average Bonchev–Trinajstić information content (AvgIpc) is 3.58. The van der Waals surface area contributed by atoms with E-state index in [4.69, 9.17) is 0 Å². The van der Waals surface area contributed by atoms with Crippen molar-refractivity contribution in [2.75, 3.05) is 44.0 Å². The van der Waals surface area contributed by atoms with Crippen molar-refractivity contribution in [3.8, 4) is 0 Å². The van der Waals surface area contributed by atoms with E-state index < -0.39 is 0 Å². The summed E-state index contributed by atoms with van der Waals surface area (Å²) in [4.78, 5) is 41.7. The lowest BCUT2D eigenvalue weighted by Crippen LogP contribution is -2.47. The highest BCUT2D eigenvalue weighted by Gasteiger charge is 2.36. The number of hydrogen-bond acceptors (Lipinski definition) is 6. The zero-order valence-corrected chi connectivity index (χ0v) is 22.9. The molecule has 4 aliphatic rings. The van der Waals surface area contributed by atoms with Crippen LogP contribution in [0.2, 0.25) is 0 Å². The van der Waals surface area contributed by atoms with E-state index in [1.807, 2.05) is 43.2 Å². The van der Waals surface area contributed by atoms with Crippen molar-refractivity contribution in [1.29, 1.82) is 0 Å². The second kappa shape index (κ2) is 10.8. The minimum absolute atomic E-state index is 0.0619. The van der Waals surface area contributed by atoms with Crippen molar-refractivity contribution in [1.82, 2.24) is 20.2 Å². The summed E-state index contributed by atoms with van der Waals surface area (Å²) in [5.41, 5.74) is 3.53.